The van der Waals surface area contributed by atoms with Gasteiger partial charge in [-0.05, 0) is 157 Å². The highest BCUT2D eigenvalue weighted by Gasteiger charge is 2.61. The molecule has 4 saturated carbocycles. The van der Waals surface area contributed by atoms with Crippen LogP contribution in [0.3, 0.4) is 0 Å². The highest BCUT2D eigenvalue weighted by Crippen LogP contribution is 2.69. The molecule has 2 aromatic heterocycles. The van der Waals surface area contributed by atoms with Crippen molar-refractivity contribution in [1.29, 1.82) is 0 Å². The second-order valence-electron chi connectivity index (χ2n) is 18.6. The zero-order valence-electron chi connectivity index (χ0n) is 34.1. The van der Waals surface area contributed by atoms with E-state index in [4.69, 9.17) is 0 Å². The first-order chi connectivity index (χ1) is 30.2. The molecule has 5 aliphatic carbocycles. The first-order valence-electron chi connectivity index (χ1n) is 22.4. The number of nitrogens with zero attached hydrogens (tertiary/aromatic N) is 3. The van der Waals surface area contributed by atoms with Crippen LogP contribution in [0.25, 0.3) is 66.1 Å². The number of para-hydroxylation sites is 4. The van der Waals surface area contributed by atoms with Gasteiger partial charge in [-0.2, -0.15) is 0 Å². The third-order valence-corrected chi connectivity index (χ3v) is 15.7. The average Bonchev–Trinajstić information content (AvgIpc) is 3.93. The van der Waals surface area contributed by atoms with Gasteiger partial charge in [0, 0.05) is 55.4 Å². The number of rotatable bonds is 5. The number of hydrogen-bond acceptors (Lipinski definition) is 1. The van der Waals surface area contributed by atoms with E-state index in [0.717, 1.165) is 40.7 Å². The van der Waals surface area contributed by atoms with Crippen molar-refractivity contribution in [3.8, 4) is 22.5 Å². The van der Waals surface area contributed by atoms with Crippen LogP contribution >= 0.6 is 0 Å². The van der Waals surface area contributed by atoms with Crippen molar-refractivity contribution in [2.45, 2.75) is 37.5 Å². The molecule has 10 aromatic rings. The van der Waals surface area contributed by atoms with Crippen LogP contribution in [0, 0.1) is 23.7 Å². The van der Waals surface area contributed by atoms with E-state index in [0.29, 0.717) is 0 Å². The molecule has 0 aliphatic heterocycles. The molecule has 3 nitrogen and oxygen atoms in total. The molecule has 0 radical (unpaired) electrons. The number of fused-ring (bicyclic) bond motifs is 9. The minimum atomic E-state index is 0.141. The minimum absolute atomic E-state index is 0.141. The van der Waals surface area contributed by atoms with Gasteiger partial charge in [0.2, 0.25) is 0 Å². The van der Waals surface area contributed by atoms with Gasteiger partial charge in [-0.15, -0.1) is 0 Å². The summed E-state index contributed by atoms with van der Waals surface area (Å²) in [6, 6.07) is 70.7. The average molecular weight is 784 g/mol. The molecule has 0 N–H and O–H groups in total. The van der Waals surface area contributed by atoms with Gasteiger partial charge >= 0.3 is 0 Å². The van der Waals surface area contributed by atoms with Crippen molar-refractivity contribution in [1.82, 2.24) is 9.13 Å². The SMILES string of the molecule is c1ccc(-n2c3ccccc3c3ccc(N(c4ccc(-n5c6ccccc6c6ccccc65)cc4)c4ccc5c(c4)-c4ccccc4C54C5CC6CC(C5)CC4C6)cc32)cc1. The highest BCUT2D eigenvalue weighted by atomic mass is 15.1. The van der Waals surface area contributed by atoms with Crippen molar-refractivity contribution < 1.29 is 0 Å². The topological polar surface area (TPSA) is 13.1 Å². The van der Waals surface area contributed by atoms with Crippen molar-refractivity contribution in [2.24, 2.45) is 23.7 Å². The number of anilines is 3. The second kappa shape index (κ2) is 12.6. The van der Waals surface area contributed by atoms with E-state index in [1.807, 2.05) is 0 Å². The third kappa shape index (κ3) is 4.64. The first-order valence-corrected chi connectivity index (χ1v) is 22.4. The lowest BCUT2D eigenvalue weighted by Crippen LogP contribution is -2.55. The van der Waals surface area contributed by atoms with Gasteiger partial charge in [-0.25, -0.2) is 0 Å². The molecule has 1 spiro atoms. The van der Waals surface area contributed by atoms with Gasteiger partial charge in [0.15, 0.2) is 0 Å². The Morgan fingerprint density at radius 3 is 1.49 bits per heavy atom. The summed E-state index contributed by atoms with van der Waals surface area (Å²) in [6.07, 6.45) is 7.03. The smallest absolute Gasteiger partial charge is 0.0561 e. The molecular formula is C58H45N3. The Morgan fingerprint density at radius 1 is 0.361 bits per heavy atom. The highest BCUT2D eigenvalue weighted by molar-refractivity contribution is 6.11. The lowest BCUT2D eigenvalue weighted by atomic mass is 9.43. The maximum absolute atomic E-state index is 2.56. The zero-order chi connectivity index (χ0) is 39.8. The van der Waals surface area contributed by atoms with Crippen LogP contribution in [0.2, 0.25) is 0 Å². The van der Waals surface area contributed by atoms with E-state index in [9.17, 15) is 0 Å². The van der Waals surface area contributed by atoms with Crippen molar-refractivity contribution in [2.75, 3.05) is 4.90 Å². The summed E-state index contributed by atoms with van der Waals surface area (Å²) in [5.74, 6) is 3.32. The molecule has 5 aliphatic rings. The normalized spacial score (nSPS) is 22.2. The summed E-state index contributed by atoms with van der Waals surface area (Å²) in [6.45, 7) is 0. The fourth-order valence-electron chi connectivity index (χ4n) is 13.6. The molecule has 4 bridgehead atoms. The van der Waals surface area contributed by atoms with Gasteiger partial charge in [0.05, 0.1) is 22.1 Å². The van der Waals surface area contributed by atoms with Crippen LogP contribution in [0.5, 0.6) is 0 Å². The molecule has 0 unspecified atom stereocenters. The van der Waals surface area contributed by atoms with E-state index >= 15 is 0 Å². The van der Waals surface area contributed by atoms with Gasteiger partial charge in [-0.1, -0.05) is 109 Å². The second-order valence-corrected chi connectivity index (χ2v) is 18.6. The minimum Gasteiger partial charge on any atom is -0.310 e. The molecule has 3 heteroatoms. The Hall–Kier alpha value is -6.84. The molecule has 15 rings (SSSR count). The Kier molecular flexibility index (Phi) is 7.01. The molecule has 8 aromatic carbocycles. The van der Waals surface area contributed by atoms with Gasteiger partial charge < -0.3 is 14.0 Å². The predicted octanol–water partition coefficient (Wildman–Crippen LogP) is 15.1. The summed E-state index contributed by atoms with van der Waals surface area (Å²) in [5, 5.41) is 5.09. The molecule has 0 amide bonds. The summed E-state index contributed by atoms with van der Waals surface area (Å²) < 4.78 is 4.85. The molecule has 4 fully saturated rings. The Morgan fingerprint density at radius 2 is 0.836 bits per heavy atom. The van der Waals surface area contributed by atoms with Crippen LogP contribution in [0.15, 0.2) is 188 Å². The van der Waals surface area contributed by atoms with Gasteiger partial charge in [0.1, 0.15) is 0 Å². The lowest BCUT2D eigenvalue weighted by molar-refractivity contribution is -0.0399. The maximum Gasteiger partial charge on any atom is 0.0561 e. The summed E-state index contributed by atoms with van der Waals surface area (Å²) >= 11 is 0. The molecule has 2 heterocycles. The fourth-order valence-corrected chi connectivity index (χ4v) is 13.6. The Balaban J connectivity index is 0.981. The molecule has 0 atom stereocenters. The van der Waals surface area contributed by atoms with Crippen molar-refractivity contribution in [3.63, 3.8) is 0 Å². The summed E-state index contributed by atoms with van der Waals surface area (Å²) in [5.41, 5.74) is 16.9. The molecule has 0 saturated heterocycles. The maximum atomic E-state index is 2.56. The van der Waals surface area contributed by atoms with Crippen LogP contribution in [-0.2, 0) is 5.41 Å². The van der Waals surface area contributed by atoms with Crippen molar-refractivity contribution >= 4 is 60.7 Å². The largest absolute Gasteiger partial charge is 0.310 e. The fraction of sp³-hybridized carbons (Fsp3) is 0.172. The van der Waals surface area contributed by atoms with Crippen LogP contribution in [0.1, 0.15) is 43.2 Å². The van der Waals surface area contributed by atoms with Crippen LogP contribution in [0.4, 0.5) is 17.1 Å². The quantitative estimate of drug-likeness (QED) is 0.169. The molecule has 61 heavy (non-hydrogen) atoms. The summed E-state index contributed by atoms with van der Waals surface area (Å²) in [7, 11) is 0. The Labute approximate surface area is 356 Å². The van der Waals surface area contributed by atoms with Crippen LogP contribution < -0.4 is 4.90 Å². The summed E-state index contributed by atoms with van der Waals surface area (Å²) in [4.78, 5) is 2.51. The van der Waals surface area contributed by atoms with Gasteiger partial charge in [0.25, 0.3) is 0 Å². The first kappa shape index (κ1) is 33.9. The number of aromatic nitrogens is 2. The third-order valence-electron chi connectivity index (χ3n) is 15.7. The monoisotopic (exact) mass is 783 g/mol. The number of benzene rings is 8. The van der Waals surface area contributed by atoms with E-state index < -0.39 is 0 Å². The van der Waals surface area contributed by atoms with E-state index in [2.05, 4.69) is 202 Å². The van der Waals surface area contributed by atoms with E-state index in [-0.39, 0.29) is 5.41 Å². The van der Waals surface area contributed by atoms with Gasteiger partial charge in [-0.3, -0.25) is 0 Å². The zero-order valence-corrected chi connectivity index (χ0v) is 34.1. The van der Waals surface area contributed by atoms with Crippen molar-refractivity contribution in [3.05, 3.63) is 199 Å². The lowest BCUT2D eigenvalue weighted by Gasteiger charge is -2.61. The standard InChI is InChI=1S/C58H45N3/c1-2-12-41(13-3-1)61-56-21-11-7-17-49(56)50-28-26-45(36-57(50)61)59(42-22-24-43(25-23-42)60-54-19-9-5-15-47(54)48-16-6-10-20-55(48)60)44-27-29-53-51(35-44)46-14-4-8-18-52(46)58(53)39-31-37-30-38(33-39)34-40(58)32-37/h1-29,35-40H,30-34H2. The predicted molar refractivity (Wildman–Crippen MR) is 253 cm³/mol. The van der Waals surface area contributed by atoms with E-state index in [1.165, 1.54) is 98.2 Å². The number of hydrogen-bond donors (Lipinski definition) is 0. The Bertz CT molecular complexity index is 3300. The molecular weight excluding hydrogens is 739 g/mol. The van der Waals surface area contributed by atoms with Crippen LogP contribution in [-0.4, -0.2) is 9.13 Å². The van der Waals surface area contributed by atoms with E-state index in [1.54, 1.807) is 11.1 Å². The molecule has 292 valence electrons.